The van der Waals surface area contributed by atoms with Crippen LogP contribution in [0, 0.1) is 0 Å². The van der Waals surface area contributed by atoms with Crippen LogP contribution in [0.4, 0.5) is 0 Å². The summed E-state index contributed by atoms with van der Waals surface area (Å²) in [4.78, 5) is 0. The van der Waals surface area contributed by atoms with Crippen LogP contribution in [0.2, 0.25) is 0 Å². The number of nitrogens with zero attached hydrogens (tertiary/aromatic N) is 3. The maximum Gasteiger partial charge on any atom is 0.0619 e. The second-order valence-electron chi connectivity index (χ2n) is 13.3. The van der Waals surface area contributed by atoms with Crippen LogP contribution in [0.1, 0.15) is 0 Å². The molecule has 0 aliphatic carbocycles. The molecule has 3 aromatic heterocycles. The van der Waals surface area contributed by atoms with E-state index in [4.69, 9.17) is 0 Å². The quantitative estimate of drug-likeness (QED) is 0.180. The van der Waals surface area contributed by atoms with E-state index in [1.807, 2.05) is 0 Å². The summed E-state index contributed by atoms with van der Waals surface area (Å²) in [7, 11) is 0. The lowest BCUT2D eigenvalue weighted by Gasteiger charge is -2.13. The predicted octanol–water partition coefficient (Wildman–Crippen LogP) is 12.6. The second-order valence-corrected chi connectivity index (χ2v) is 13.3. The topological polar surface area (TPSA) is 14.8 Å². The lowest BCUT2D eigenvalue weighted by molar-refractivity contribution is 1.17. The van der Waals surface area contributed by atoms with Crippen molar-refractivity contribution in [3.8, 4) is 28.2 Å². The highest BCUT2D eigenvalue weighted by Gasteiger charge is 2.21. The molecule has 11 aromatic rings. The minimum atomic E-state index is 1.15. The zero-order chi connectivity index (χ0) is 33.5. The second kappa shape index (κ2) is 10.8. The van der Waals surface area contributed by atoms with E-state index < -0.39 is 0 Å². The highest BCUT2D eigenvalue weighted by Crippen LogP contribution is 2.43. The van der Waals surface area contributed by atoms with Gasteiger partial charge in [-0.05, 0) is 72.3 Å². The number of rotatable bonds is 4. The molecule has 8 aromatic carbocycles. The van der Waals surface area contributed by atoms with Gasteiger partial charge in [0.15, 0.2) is 0 Å². The molecule has 0 N–H and O–H groups in total. The van der Waals surface area contributed by atoms with Crippen LogP contribution in [-0.4, -0.2) is 13.7 Å². The van der Waals surface area contributed by atoms with Crippen LogP contribution in [0.25, 0.3) is 93.6 Å². The van der Waals surface area contributed by atoms with Crippen LogP contribution >= 0.6 is 0 Å². The molecule has 0 saturated heterocycles. The van der Waals surface area contributed by atoms with Gasteiger partial charge >= 0.3 is 0 Å². The highest BCUT2D eigenvalue weighted by molar-refractivity contribution is 6.29. The van der Waals surface area contributed by atoms with Crippen molar-refractivity contribution >= 4 is 65.4 Å². The Morgan fingerprint density at radius 1 is 0.255 bits per heavy atom. The first kappa shape index (κ1) is 28.0. The fourth-order valence-corrected chi connectivity index (χ4v) is 8.54. The highest BCUT2D eigenvalue weighted by atomic mass is 15.0. The molecule has 11 rings (SSSR count). The molecule has 51 heavy (non-hydrogen) atoms. The molecule has 3 heteroatoms. The van der Waals surface area contributed by atoms with Crippen molar-refractivity contribution in [3.63, 3.8) is 0 Å². The third kappa shape index (κ3) is 4.00. The molecular formula is C48H31N3. The van der Waals surface area contributed by atoms with E-state index in [1.165, 1.54) is 82.2 Å². The van der Waals surface area contributed by atoms with Crippen molar-refractivity contribution in [1.29, 1.82) is 0 Å². The summed E-state index contributed by atoms with van der Waals surface area (Å²) in [5, 5.41) is 7.63. The predicted molar refractivity (Wildman–Crippen MR) is 215 cm³/mol. The molecule has 0 atom stereocenters. The molecule has 3 nitrogen and oxygen atoms in total. The summed E-state index contributed by atoms with van der Waals surface area (Å²) in [5.74, 6) is 0. The summed E-state index contributed by atoms with van der Waals surface area (Å²) < 4.78 is 7.25. The Bertz CT molecular complexity index is 3110. The monoisotopic (exact) mass is 649 g/mol. The Morgan fingerprint density at radius 3 is 1.25 bits per heavy atom. The molecule has 0 amide bonds. The summed E-state index contributed by atoms with van der Waals surface area (Å²) in [5.41, 5.74) is 13.2. The maximum atomic E-state index is 2.43. The van der Waals surface area contributed by atoms with Crippen LogP contribution in [0.15, 0.2) is 188 Å². The summed E-state index contributed by atoms with van der Waals surface area (Å²) >= 11 is 0. The van der Waals surface area contributed by atoms with Crippen molar-refractivity contribution in [2.45, 2.75) is 0 Å². The molecule has 0 spiro atoms. The number of benzene rings is 8. The van der Waals surface area contributed by atoms with E-state index in [9.17, 15) is 0 Å². The number of hydrogen-bond donors (Lipinski definition) is 0. The van der Waals surface area contributed by atoms with Gasteiger partial charge in [0.05, 0.1) is 33.1 Å². The fraction of sp³-hybridized carbons (Fsp3) is 0. The van der Waals surface area contributed by atoms with Gasteiger partial charge in [-0.15, -0.1) is 0 Å². The molecule has 0 radical (unpaired) electrons. The normalized spacial score (nSPS) is 11.9. The third-order valence-corrected chi connectivity index (χ3v) is 10.6. The molecule has 0 unspecified atom stereocenters. The number of aromatic nitrogens is 3. The smallest absolute Gasteiger partial charge is 0.0619 e. The Morgan fingerprint density at radius 2 is 0.686 bits per heavy atom. The van der Waals surface area contributed by atoms with Gasteiger partial charge in [-0.2, -0.15) is 0 Å². The Kier molecular flexibility index (Phi) is 5.96. The molecule has 0 aliphatic rings. The van der Waals surface area contributed by atoms with Crippen molar-refractivity contribution in [2.75, 3.05) is 0 Å². The van der Waals surface area contributed by atoms with Gasteiger partial charge in [0.2, 0.25) is 0 Å². The fourth-order valence-electron chi connectivity index (χ4n) is 8.54. The van der Waals surface area contributed by atoms with Gasteiger partial charge in [0, 0.05) is 54.9 Å². The van der Waals surface area contributed by atoms with Crippen molar-refractivity contribution in [1.82, 2.24) is 13.7 Å². The van der Waals surface area contributed by atoms with Gasteiger partial charge < -0.3 is 13.7 Å². The van der Waals surface area contributed by atoms with Gasteiger partial charge in [0.25, 0.3) is 0 Å². The molecular weight excluding hydrogens is 619 g/mol. The van der Waals surface area contributed by atoms with Gasteiger partial charge in [-0.3, -0.25) is 0 Å². The van der Waals surface area contributed by atoms with Crippen LogP contribution in [-0.2, 0) is 0 Å². The lowest BCUT2D eigenvalue weighted by atomic mass is 10.0. The average Bonchev–Trinajstić information content (AvgIpc) is 3.84. The summed E-state index contributed by atoms with van der Waals surface area (Å²) in [6, 6.07) is 68.3. The first-order chi connectivity index (χ1) is 25.3. The number of para-hydroxylation sites is 6. The maximum absolute atomic E-state index is 2.43. The first-order valence-corrected chi connectivity index (χ1v) is 17.5. The average molecular weight is 650 g/mol. The molecule has 0 saturated carbocycles. The van der Waals surface area contributed by atoms with Crippen LogP contribution in [0.5, 0.6) is 0 Å². The summed E-state index contributed by atoms with van der Waals surface area (Å²) in [6.45, 7) is 0. The van der Waals surface area contributed by atoms with E-state index >= 15 is 0 Å². The van der Waals surface area contributed by atoms with E-state index in [2.05, 4.69) is 202 Å². The van der Waals surface area contributed by atoms with E-state index in [0.29, 0.717) is 0 Å². The number of hydrogen-bond acceptors (Lipinski definition) is 0. The Hall–Kier alpha value is -6.84. The van der Waals surface area contributed by atoms with Crippen molar-refractivity contribution in [3.05, 3.63) is 188 Å². The van der Waals surface area contributed by atoms with Crippen LogP contribution < -0.4 is 0 Å². The SMILES string of the molecule is c1ccc(-n2c3ccccc3c3c4c5ccccc5n(-c5ccc(-c6cccc7c8ccccc8n(-c8ccccc8)c67)cc5)c4ccc32)cc1. The lowest BCUT2D eigenvalue weighted by Crippen LogP contribution is -1.96. The summed E-state index contributed by atoms with van der Waals surface area (Å²) in [6.07, 6.45) is 0. The Balaban J connectivity index is 1.14. The van der Waals surface area contributed by atoms with Gasteiger partial charge in [-0.25, -0.2) is 0 Å². The number of fused-ring (bicyclic) bond motifs is 10. The zero-order valence-electron chi connectivity index (χ0n) is 27.7. The van der Waals surface area contributed by atoms with Gasteiger partial charge in [0.1, 0.15) is 0 Å². The molecule has 0 fully saturated rings. The molecule has 0 bridgehead atoms. The largest absolute Gasteiger partial charge is 0.309 e. The van der Waals surface area contributed by atoms with Crippen molar-refractivity contribution in [2.24, 2.45) is 0 Å². The zero-order valence-corrected chi connectivity index (χ0v) is 27.7. The van der Waals surface area contributed by atoms with E-state index in [0.717, 1.165) is 11.4 Å². The standard InChI is InChI=1S/C48H31N3/c1-3-14-33(15-4-1)49-42-24-11-8-19-39(42)46-44(49)30-31-45-47(46)40-20-9-12-25-43(40)50(45)35-28-26-32(27-29-35)36-21-13-22-38-37-18-7-10-23-41(37)51(48(36)38)34-16-5-2-6-17-34/h1-31H. The minimum Gasteiger partial charge on any atom is -0.309 e. The third-order valence-electron chi connectivity index (χ3n) is 10.6. The minimum absolute atomic E-state index is 1.15. The van der Waals surface area contributed by atoms with E-state index in [1.54, 1.807) is 0 Å². The van der Waals surface area contributed by atoms with E-state index in [-0.39, 0.29) is 0 Å². The molecule has 0 aliphatic heterocycles. The first-order valence-electron chi connectivity index (χ1n) is 17.5. The van der Waals surface area contributed by atoms with Crippen LogP contribution in [0.3, 0.4) is 0 Å². The molecule has 238 valence electrons. The Labute approximate surface area is 294 Å². The van der Waals surface area contributed by atoms with Crippen molar-refractivity contribution < 1.29 is 0 Å². The molecule has 3 heterocycles. The van der Waals surface area contributed by atoms with Gasteiger partial charge in [-0.1, -0.05) is 121 Å².